The molecule has 0 saturated heterocycles. The van der Waals surface area contributed by atoms with Crippen LogP contribution in [0.1, 0.15) is 17.4 Å². The summed E-state index contributed by atoms with van der Waals surface area (Å²) in [5, 5.41) is 11.3. The van der Waals surface area contributed by atoms with Crippen LogP contribution in [0.2, 0.25) is 0 Å². The SMILES string of the molecule is CCOCCN(C)C(=O)Nc1ccc(C(=O)O)nc1. The lowest BCUT2D eigenvalue weighted by Crippen LogP contribution is -2.34. The molecule has 0 saturated carbocycles. The molecule has 0 radical (unpaired) electrons. The molecule has 2 N–H and O–H groups in total. The molecule has 0 atom stereocenters. The number of likely N-dealkylation sites (N-methyl/N-ethyl adjacent to an activating group) is 1. The molecule has 2 amide bonds. The highest BCUT2D eigenvalue weighted by atomic mass is 16.5. The van der Waals surface area contributed by atoms with Crippen molar-refractivity contribution in [3.63, 3.8) is 0 Å². The smallest absolute Gasteiger partial charge is 0.354 e. The van der Waals surface area contributed by atoms with Crippen LogP contribution in [-0.2, 0) is 4.74 Å². The number of hydrogen-bond acceptors (Lipinski definition) is 4. The van der Waals surface area contributed by atoms with Crippen LogP contribution in [0.15, 0.2) is 18.3 Å². The van der Waals surface area contributed by atoms with Crippen LogP contribution in [0, 0.1) is 0 Å². The van der Waals surface area contributed by atoms with Gasteiger partial charge in [-0.3, -0.25) is 0 Å². The first kappa shape index (κ1) is 14.9. The number of ether oxygens (including phenoxy) is 1. The first-order chi connectivity index (χ1) is 9.04. The zero-order valence-electron chi connectivity index (χ0n) is 10.9. The normalized spacial score (nSPS) is 10.0. The Balaban J connectivity index is 2.49. The fourth-order valence-corrected chi connectivity index (χ4v) is 1.26. The fourth-order valence-electron chi connectivity index (χ4n) is 1.26. The molecule has 0 spiro atoms. The molecule has 104 valence electrons. The fraction of sp³-hybridized carbons (Fsp3) is 0.417. The van der Waals surface area contributed by atoms with E-state index in [4.69, 9.17) is 9.84 Å². The average molecular weight is 267 g/mol. The maximum atomic E-state index is 11.7. The number of carbonyl (C=O) groups excluding carboxylic acids is 1. The summed E-state index contributed by atoms with van der Waals surface area (Å²) in [5.41, 5.74) is 0.376. The van der Waals surface area contributed by atoms with E-state index >= 15 is 0 Å². The number of carbonyl (C=O) groups is 2. The monoisotopic (exact) mass is 267 g/mol. The zero-order chi connectivity index (χ0) is 14.3. The van der Waals surface area contributed by atoms with Gasteiger partial charge in [0.15, 0.2) is 0 Å². The number of carboxylic acid groups (broad SMARTS) is 1. The summed E-state index contributed by atoms with van der Waals surface area (Å²) in [6.07, 6.45) is 1.30. The van der Waals surface area contributed by atoms with Crippen molar-refractivity contribution in [1.82, 2.24) is 9.88 Å². The molecule has 0 aromatic carbocycles. The van der Waals surface area contributed by atoms with E-state index in [1.807, 2.05) is 6.92 Å². The van der Waals surface area contributed by atoms with Crippen LogP contribution in [0.5, 0.6) is 0 Å². The van der Waals surface area contributed by atoms with Crippen LogP contribution >= 0.6 is 0 Å². The van der Waals surface area contributed by atoms with Crippen molar-refractivity contribution >= 4 is 17.7 Å². The summed E-state index contributed by atoms with van der Waals surface area (Å²) in [4.78, 5) is 27.5. The van der Waals surface area contributed by atoms with Crippen molar-refractivity contribution in [3.8, 4) is 0 Å². The Labute approximate surface area is 111 Å². The van der Waals surface area contributed by atoms with E-state index in [0.29, 0.717) is 25.4 Å². The quantitative estimate of drug-likeness (QED) is 0.757. The van der Waals surface area contributed by atoms with Crippen molar-refractivity contribution in [3.05, 3.63) is 24.0 Å². The van der Waals surface area contributed by atoms with Gasteiger partial charge in [0.25, 0.3) is 0 Å². The minimum Gasteiger partial charge on any atom is -0.477 e. The Bertz CT molecular complexity index is 433. The van der Waals surface area contributed by atoms with E-state index in [1.54, 1.807) is 7.05 Å². The molecular weight excluding hydrogens is 250 g/mol. The molecule has 0 fully saturated rings. The first-order valence-corrected chi connectivity index (χ1v) is 5.83. The molecule has 0 bridgehead atoms. The summed E-state index contributed by atoms with van der Waals surface area (Å²) in [7, 11) is 1.65. The zero-order valence-corrected chi connectivity index (χ0v) is 10.9. The molecule has 1 heterocycles. The Hall–Kier alpha value is -2.15. The molecule has 0 aliphatic heterocycles. The molecule has 7 heteroatoms. The van der Waals surface area contributed by atoms with E-state index < -0.39 is 5.97 Å². The third kappa shape index (κ3) is 4.92. The molecule has 1 aromatic rings. The number of pyridine rings is 1. The summed E-state index contributed by atoms with van der Waals surface area (Å²) in [6.45, 7) is 3.43. The number of amides is 2. The van der Waals surface area contributed by atoms with Gasteiger partial charge in [-0.1, -0.05) is 0 Å². The van der Waals surface area contributed by atoms with Gasteiger partial charge in [0.1, 0.15) is 5.69 Å². The number of aromatic nitrogens is 1. The van der Waals surface area contributed by atoms with Gasteiger partial charge in [-0.25, -0.2) is 14.6 Å². The molecule has 1 aromatic heterocycles. The van der Waals surface area contributed by atoms with Gasteiger partial charge < -0.3 is 20.1 Å². The average Bonchev–Trinajstić information content (AvgIpc) is 2.39. The lowest BCUT2D eigenvalue weighted by Gasteiger charge is -2.17. The number of urea groups is 1. The second-order valence-electron chi connectivity index (χ2n) is 3.79. The minimum atomic E-state index is -1.10. The Morgan fingerprint density at radius 3 is 2.74 bits per heavy atom. The van der Waals surface area contributed by atoms with Crippen LogP contribution < -0.4 is 5.32 Å². The molecule has 1 rings (SSSR count). The summed E-state index contributed by atoms with van der Waals surface area (Å²) < 4.78 is 5.15. The van der Waals surface area contributed by atoms with Crippen molar-refractivity contribution in [2.45, 2.75) is 6.92 Å². The molecule has 0 unspecified atom stereocenters. The Morgan fingerprint density at radius 2 is 2.21 bits per heavy atom. The number of anilines is 1. The molecular formula is C12H17N3O4. The Morgan fingerprint density at radius 1 is 1.47 bits per heavy atom. The number of rotatable bonds is 6. The third-order valence-corrected chi connectivity index (χ3v) is 2.36. The second-order valence-corrected chi connectivity index (χ2v) is 3.79. The van der Waals surface area contributed by atoms with Gasteiger partial charge >= 0.3 is 12.0 Å². The summed E-state index contributed by atoms with van der Waals surface area (Å²) in [6, 6.07) is 2.52. The maximum Gasteiger partial charge on any atom is 0.354 e. The maximum absolute atomic E-state index is 11.7. The van der Waals surface area contributed by atoms with Gasteiger partial charge in [0, 0.05) is 20.2 Å². The van der Waals surface area contributed by atoms with E-state index in [2.05, 4.69) is 10.3 Å². The number of aromatic carboxylic acids is 1. The largest absolute Gasteiger partial charge is 0.477 e. The van der Waals surface area contributed by atoms with E-state index in [-0.39, 0.29) is 11.7 Å². The molecule has 0 aliphatic rings. The van der Waals surface area contributed by atoms with Gasteiger partial charge in [0.05, 0.1) is 18.5 Å². The molecule has 19 heavy (non-hydrogen) atoms. The van der Waals surface area contributed by atoms with Gasteiger partial charge in [-0.15, -0.1) is 0 Å². The lowest BCUT2D eigenvalue weighted by atomic mass is 10.3. The van der Waals surface area contributed by atoms with Crippen LogP contribution in [0.25, 0.3) is 0 Å². The van der Waals surface area contributed by atoms with Crippen molar-refractivity contribution in [2.75, 3.05) is 32.1 Å². The number of nitrogens with one attached hydrogen (secondary N) is 1. The summed E-state index contributed by atoms with van der Waals surface area (Å²) >= 11 is 0. The molecule has 0 aliphatic carbocycles. The van der Waals surface area contributed by atoms with E-state index in [9.17, 15) is 9.59 Å². The van der Waals surface area contributed by atoms with Crippen molar-refractivity contribution < 1.29 is 19.4 Å². The van der Waals surface area contributed by atoms with Gasteiger partial charge in [-0.05, 0) is 19.1 Å². The van der Waals surface area contributed by atoms with E-state index in [0.717, 1.165) is 0 Å². The molecule has 7 nitrogen and oxygen atoms in total. The summed E-state index contributed by atoms with van der Waals surface area (Å²) in [5.74, 6) is -1.10. The number of nitrogens with zero attached hydrogens (tertiary/aromatic N) is 2. The third-order valence-electron chi connectivity index (χ3n) is 2.36. The van der Waals surface area contributed by atoms with Crippen molar-refractivity contribution in [1.29, 1.82) is 0 Å². The predicted octanol–water partition coefficient (Wildman–Crippen LogP) is 1.28. The topological polar surface area (TPSA) is 91.8 Å². The highest BCUT2D eigenvalue weighted by Crippen LogP contribution is 2.07. The van der Waals surface area contributed by atoms with Crippen LogP contribution in [0.3, 0.4) is 0 Å². The number of hydrogen-bond donors (Lipinski definition) is 2. The van der Waals surface area contributed by atoms with Gasteiger partial charge in [0.2, 0.25) is 0 Å². The van der Waals surface area contributed by atoms with E-state index in [1.165, 1.54) is 23.2 Å². The highest BCUT2D eigenvalue weighted by Gasteiger charge is 2.09. The predicted molar refractivity (Wildman–Crippen MR) is 69.3 cm³/mol. The second kappa shape index (κ2) is 7.32. The highest BCUT2D eigenvalue weighted by molar-refractivity contribution is 5.90. The lowest BCUT2D eigenvalue weighted by molar-refractivity contribution is 0.0690. The first-order valence-electron chi connectivity index (χ1n) is 5.83. The standard InChI is InChI=1S/C12H17N3O4/c1-3-19-7-6-15(2)12(18)14-9-4-5-10(11(16)17)13-8-9/h4-5,8H,3,6-7H2,1-2H3,(H,14,18)(H,16,17). The number of carboxylic acids is 1. The minimum absolute atomic E-state index is 0.0669. The van der Waals surface area contributed by atoms with Crippen LogP contribution in [-0.4, -0.2) is 53.8 Å². The van der Waals surface area contributed by atoms with Gasteiger partial charge in [-0.2, -0.15) is 0 Å². The Kier molecular flexibility index (Phi) is 5.74. The van der Waals surface area contributed by atoms with Crippen molar-refractivity contribution in [2.24, 2.45) is 0 Å². The van der Waals surface area contributed by atoms with Crippen LogP contribution in [0.4, 0.5) is 10.5 Å².